The van der Waals surface area contributed by atoms with Gasteiger partial charge in [-0.1, -0.05) is 46.4 Å². The van der Waals surface area contributed by atoms with Crippen molar-refractivity contribution in [1.29, 1.82) is 0 Å². The van der Waals surface area contributed by atoms with Gasteiger partial charge >= 0.3 is 5.97 Å². The quantitative estimate of drug-likeness (QED) is 0.427. The lowest BCUT2D eigenvalue weighted by atomic mass is 10.1. The van der Waals surface area contributed by atoms with Crippen molar-refractivity contribution in [2.45, 2.75) is 0 Å². The normalized spacial score (nSPS) is 10.4. The maximum atomic E-state index is 11.5. The SMILES string of the molecule is COC(=O)c1cnc(Cl)c(-c2cc(Cl)c(Cl)cc2Cl)c1. The van der Waals surface area contributed by atoms with Gasteiger partial charge in [-0.15, -0.1) is 0 Å². The maximum Gasteiger partial charge on any atom is 0.339 e. The van der Waals surface area contributed by atoms with Crippen molar-refractivity contribution in [2.75, 3.05) is 7.11 Å². The van der Waals surface area contributed by atoms with Crippen LogP contribution in [0.2, 0.25) is 20.2 Å². The zero-order chi connectivity index (χ0) is 14.9. The number of aromatic nitrogens is 1. The number of hydrogen-bond donors (Lipinski definition) is 0. The number of carbonyl (C=O) groups is 1. The second kappa shape index (κ2) is 6.19. The number of pyridine rings is 1. The van der Waals surface area contributed by atoms with Crippen molar-refractivity contribution in [3.05, 3.63) is 50.2 Å². The van der Waals surface area contributed by atoms with Crippen molar-refractivity contribution in [1.82, 2.24) is 4.98 Å². The molecular formula is C13H7Cl4NO2. The molecule has 1 aromatic heterocycles. The molecule has 0 atom stereocenters. The van der Waals surface area contributed by atoms with E-state index in [0.717, 1.165) is 0 Å². The summed E-state index contributed by atoms with van der Waals surface area (Å²) in [6.07, 6.45) is 1.32. The van der Waals surface area contributed by atoms with Crippen LogP contribution in [0.4, 0.5) is 0 Å². The number of rotatable bonds is 2. The molecule has 0 fully saturated rings. The number of ether oxygens (including phenoxy) is 1. The van der Waals surface area contributed by atoms with Crippen LogP contribution in [0, 0.1) is 0 Å². The van der Waals surface area contributed by atoms with Crippen LogP contribution in [0.3, 0.4) is 0 Å². The molecule has 0 saturated heterocycles. The molecule has 20 heavy (non-hydrogen) atoms. The second-order valence-electron chi connectivity index (χ2n) is 3.80. The van der Waals surface area contributed by atoms with Gasteiger partial charge in [-0.05, 0) is 18.2 Å². The molecule has 0 amide bonds. The van der Waals surface area contributed by atoms with Gasteiger partial charge < -0.3 is 4.74 Å². The zero-order valence-electron chi connectivity index (χ0n) is 10.1. The largest absolute Gasteiger partial charge is 0.465 e. The van der Waals surface area contributed by atoms with Crippen LogP contribution in [0.1, 0.15) is 10.4 Å². The van der Waals surface area contributed by atoms with E-state index < -0.39 is 5.97 Å². The molecule has 0 saturated carbocycles. The van der Waals surface area contributed by atoms with E-state index in [9.17, 15) is 4.79 Å². The Morgan fingerprint density at radius 1 is 1.00 bits per heavy atom. The first-order chi connectivity index (χ1) is 9.43. The van der Waals surface area contributed by atoms with Crippen LogP contribution < -0.4 is 0 Å². The van der Waals surface area contributed by atoms with Crippen molar-refractivity contribution in [3.8, 4) is 11.1 Å². The number of esters is 1. The Bertz CT molecular complexity index is 688. The van der Waals surface area contributed by atoms with Gasteiger partial charge in [-0.3, -0.25) is 0 Å². The van der Waals surface area contributed by atoms with Crippen LogP contribution in [0.15, 0.2) is 24.4 Å². The molecule has 104 valence electrons. The van der Waals surface area contributed by atoms with E-state index >= 15 is 0 Å². The summed E-state index contributed by atoms with van der Waals surface area (Å²) in [5.74, 6) is -0.522. The topological polar surface area (TPSA) is 39.2 Å². The van der Waals surface area contributed by atoms with Gasteiger partial charge in [-0.2, -0.15) is 0 Å². The van der Waals surface area contributed by atoms with Gasteiger partial charge in [0, 0.05) is 17.3 Å². The van der Waals surface area contributed by atoms with Gasteiger partial charge in [0.1, 0.15) is 5.15 Å². The molecule has 0 N–H and O–H groups in total. The van der Waals surface area contributed by atoms with Crippen LogP contribution in [-0.2, 0) is 4.74 Å². The molecule has 1 aromatic carbocycles. The van der Waals surface area contributed by atoms with Crippen molar-refractivity contribution in [2.24, 2.45) is 0 Å². The summed E-state index contributed by atoms with van der Waals surface area (Å²) in [6.45, 7) is 0. The fraction of sp³-hybridized carbons (Fsp3) is 0.0769. The van der Waals surface area contributed by atoms with Gasteiger partial charge in [0.15, 0.2) is 0 Å². The minimum Gasteiger partial charge on any atom is -0.465 e. The molecule has 0 aliphatic carbocycles. The van der Waals surface area contributed by atoms with Gasteiger partial charge in [0.2, 0.25) is 0 Å². The molecule has 0 aliphatic heterocycles. The summed E-state index contributed by atoms with van der Waals surface area (Å²) in [4.78, 5) is 15.5. The summed E-state index contributed by atoms with van der Waals surface area (Å²) in [6, 6.07) is 4.60. The molecule has 2 aromatic rings. The number of halogens is 4. The van der Waals surface area contributed by atoms with Crippen LogP contribution in [0.25, 0.3) is 11.1 Å². The van der Waals surface area contributed by atoms with E-state index in [2.05, 4.69) is 9.72 Å². The molecule has 0 unspecified atom stereocenters. The molecule has 0 radical (unpaired) electrons. The second-order valence-corrected chi connectivity index (χ2v) is 5.38. The molecule has 0 spiro atoms. The molecule has 7 heteroatoms. The van der Waals surface area contributed by atoms with E-state index in [1.807, 2.05) is 0 Å². The summed E-state index contributed by atoms with van der Waals surface area (Å²) in [5, 5.41) is 1.20. The lowest BCUT2D eigenvalue weighted by Gasteiger charge is -2.09. The van der Waals surface area contributed by atoms with E-state index in [4.69, 9.17) is 46.4 Å². The molecule has 3 nitrogen and oxygen atoms in total. The Morgan fingerprint density at radius 3 is 2.30 bits per heavy atom. The van der Waals surface area contributed by atoms with Gasteiger partial charge in [0.25, 0.3) is 0 Å². The van der Waals surface area contributed by atoms with Crippen LogP contribution in [-0.4, -0.2) is 18.1 Å². The number of hydrogen-bond acceptors (Lipinski definition) is 3. The smallest absolute Gasteiger partial charge is 0.339 e. The number of benzene rings is 1. The summed E-state index contributed by atoms with van der Waals surface area (Å²) < 4.78 is 4.64. The fourth-order valence-electron chi connectivity index (χ4n) is 1.60. The van der Waals surface area contributed by atoms with Crippen LogP contribution in [0.5, 0.6) is 0 Å². The van der Waals surface area contributed by atoms with Crippen molar-refractivity contribution >= 4 is 52.4 Å². The lowest BCUT2D eigenvalue weighted by molar-refractivity contribution is 0.0600. The average Bonchev–Trinajstić information content (AvgIpc) is 2.43. The molecule has 2 rings (SSSR count). The lowest BCUT2D eigenvalue weighted by Crippen LogP contribution is -2.02. The van der Waals surface area contributed by atoms with Gasteiger partial charge in [-0.25, -0.2) is 9.78 Å². The number of methoxy groups -OCH3 is 1. The molecule has 0 bridgehead atoms. The highest BCUT2D eigenvalue weighted by molar-refractivity contribution is 6.44. The zero-order valence-corrected chi connectivity index (χ0v) is 13.1. The monoisotopic (exact) mass is 349 g/mol. The van der Waals surface area contributed by atoms with E-state index in [-0.39, 0.29) is 10.7 Å². The third-order valence-electron chi connectivity index (χ3n) is 2.56. The van der Waals surface area contributed by atoms with Crippen LogP contribution >= 0.6 is 46.4 Å². The van der Waals surface area contributed by atoms with E-state index in [1.54, 1.807) is 6.07 Å². The first kappa shape index (κ1) is 15.4. The first-order valence-electron chi connectivity index (χ1n) is 5.32. The highest BCUT2D eigenvalue weighted by Gasteiger charge is 2.15. The highest BCUT2D eigenvalue weighted by Crippen LogP contribution is 2.37. The predicted molar refractivity (Wildman–Crippen MR) is 81.1 cm³/mol. The predicted octanol–water partition coefficient (Wildman–Crippen LogP) is 5.15. The van der Waals surface area contributed by atoms with E-state index in [0.29, 0.717) is 26.2 Å². The van der Waals surface area contributed by atoms with Gasteiger partial charge in [0.05, 0.1) is 27.7 Å². The molecule has 0 aliphatic rings. The van der Waals surface area contributed by atoms with E-state index in [1.165, 1.54) is 25.4 Å². The Hall–Kier alpha value is -1.000. The number of nitrogens with zero attached hydrogens (tertiary/aromatic N) is 1. The Morgan fingerprint density at radius 2 is 1.65 bits per heavy atom. The minimum absolute atomic E-state index is 0.193. The highest BCUT2D eigenvalue weighted by atomic mass is 35.5. The maximum absolute atomic E-state index is 11.5. The average molecular weight is 351 g/mol. The Kier molecular flexibility index (Phi) is 4.76. The number of carbonyl (C=O) groups excluding carboxylic acids is 1. The third kappa shape index (κ3) is 3.01. The fourth-order valence-corrected chi connectivity index (χ4v) is 2.45. The third-order valence-corrected chi connectivity index (χ3v) is 3.90. The summed E-state index contributed by atoms with van der Waals surface area (Å²) >= 11 is 24.0. The first-order valence-corrected chi connectivity index (χ1v) is 6.84. The molecule has 1 heterocycles. The Balaban J connectivity index is 2.63. The molecular weight excluding hydrogens is 344 g/mol. The summed E-state index contributed by atoms with van der Waals surface area (Å²) in [7, 11) is 1.28. The van der Waals surface area contributed by atoms with Crippen molar-refractivity contribution in [3.63, 3.8) is 0 Å². The Labute approximate surface area is 135 Å². The minimum atomic E-state index is -0.522. The summed E-state index contributed by atoms with van der Waals surface area (Å²) in [5.41, 5.74) is 1.26. The van der Waals surface area contributed by atoms with Crippen molar-refractivity contribution < 1.29 is 9.53 Å². The standard InChI is InChI=1S/C13H7Cl4NO2/c1-20-13(19)6-2-8(12(17)18-5-6)7-3-10(15)11(16)4-9(7)14/h2-5H,1H3.